The van der Waals surface area contributed by atoms with Crippen molar-refractivity contribution in [3.63, 3.8) is 0 Å². The normalized spacial score (nSPS) is 20.0. The maximum Gasteiger partial charge on any atom is 0.417 e. The van der Waals surface area contributed by atoms with Crippen molar-refractivity contribution in [2.75, 3.05) is 13.1 Å². The first kappa shape index (κ1) is 15.2. The molecule has 0 spiro atoms. The van der Waals surface area contributed by atoms with Gasteiger partial charge in [0.2, 0.25) is 0 Å². The summed E-state index contributed by atoms with van der Waals surface area (Å²) in [6, 6.07) is 1.43. The minimum absolute atomic E-state index is 0.0174. The standard InChI is InChI=1S/C11H13F3N2O3S/c12-11(13,14)10(17)1-3-15(4-2-10)6-8-5-9(16(18)19)20-7-8/h5,7,17H,1-4,6H2. The average molecular weight is 310 g/mol. The fourth-order valence-electron chi connectivity index (χ4n) is 2.16. The van der Waals surface area contributed by atoms with E-state index in [0.29, 0.717) is 12.1 Å². The molecule has 1 fully saturated rings. The molecule has 5 nitrogen and oxygen atoms in total. The molecule has 0 bridgehead atoms. The third-order valence-corrected chi connectivity index (χ3v) is 4.37. The topological polar surface area (TPSA) is 66.6 Å². The molecule has 1 aliphatic heterocycles. The van der Waals surface area contributed by atoms with Crippen LogP contribution in [-0.2, 0) is 6.54 Å². The number of piperidine rings is 1. The van der Waals surface area contributed by atoms with Crippen LogP contribution < -0.4 is 0 Å². The number of thiophene rings is 1. The SMILES string of the molecule is O=[N+]([O-])c1cc(CN2CCC(O)(C(F)(F)F)CC2)cs1. The lowest BCUT2D eigenvalue weighted by atomic mass is 9.90. The molecular weight excluding hydrogens is 297 g/mol. The summed E-state index contributed by atoms with van der Waals surface area (Å²) in [5.74, 6) is 0. The van der Waals surface area contributed by atoms with Gasteiger partial charge in [0.05, 0.1) is 4.92 Å². The highest BCUT2D eigenvalue weighted by molar-refractivity contribution is 7.13. The molecule has 2 rings (SSSR count). The molecule has 1 saturated heterocycles. The highest BCUT2D eigenvalue weighted by Gasteiger charge is 2.54. The van der Waals surface area contributed by atoms with Gasteiger partial charge in [-0.2, -0.15) is 13.2 Å². The monoisotopic (exact) mass is 310 g/mol. The molecule has 2 heterocycles. The number of likely N-dealkylation sites (tertiary alicyclic amines) is 1. The fraction of sp³-hybridized carbons (Fsp3) is 0.636. The maximum absolute atomic E-state index is 12.6. The zero-order valence-corrected chi connectivity index (χ0v) is 11.2. The summed E-state index contributed by atoms with van der Waals surface area (Å²) in [5, 5.41) is 21.7. The highest BCUT2D eigenvalue weighted by Crippen LogP contribution is 2.38. The predicted octanol–water partition coefficient (Wildman–Crippen LogP) is 2.55. The van der Waals surface area contributed by atoms with Gasteiger partial charge in [0.25, 0.3) is 0 Å². The van der Waals surface area contributed by atoms with Gasteiger partial charge in [-0.05, 0) is 18.4 Å². The van der Waals surface area contributed by atoms with E-state index >= 15 is 0 Å². The van der Waals surface area contributed by atoms with Gasteiger partial charge in [-0.15, -0.1) is 0 Å². The van der Waals surface area contributed by atoms with E-state index < -0.39 is 16.7 Å². The number of hydrogen-bond acceptors (Lipinski definition) is 5. The van der Waals surface area contributed by atoms with Crippen molar-refractivity contribution in [3.05, 3.63) is 27.1 Å². The quantitative estimate of drug-likeness (QED) is 0.688. The lowest BCUT2D eigenvalue weighted by Crippen LogP contribution is -2.53. The van der Waals surface area contributed by atoms with E-state index in [1.54, 1.807) is 10.3 Å². The van der Waals surface area contributed by atoms with Gasteiger partial charge in [-0.25, -0.2) is 0 Å². The Kier molecular flexibility index (Phi) is 4.03. The lowest BCUT2D eigenvalue weighted by Gasteiger charge is -2.39. The van der Waals surface area contributed by atoms with Gasteiger partial charge in [0.1, 0.15) is 0 Å². The summed E-state index contributed by atoms with van der Waals surface area (Å²) in [5.41, 5.74) is -1.90. The van der Waals surface area contributed by atoms with Crippen molar-refractivity contribution in [3.8, 4) is 0 Å². The Bertz CT molecular complexity index is 495. The minimum Gasteiger partial charge on any atom is -0.380 e. The molecule has 0 aromatic carbocycles. The van der Waals surface area contributed by atoms with Crippen LogP contribution in [0.4, 0.5) is 18.2 Å². The van der Waals surface area contributed by atoms with Crippen molar-refractivity contribution in [2.45, 2.75) is 31.2 Å². The van der Waals surface area contributed by atoms with Crippen LogP contribution in [0.15, 0.2) is 11.4 Å². The summed E-state index contributed by atoms with van der Waals surface area (Å²) in [4.78, 5) is 11.8. The van der Waals surface area contributed by atoms with Crippen LogP contribution in [0.2, 0.25) is 0 Å². The van der Waals surface area contributed by atoms with E-state index in [1.165, 1.54) is 6.07 Å². The smallest absolute Gasteiger partial charge is 0.380 e. The maximum atomic E-state index is 12.6. The number of halogens is 3. The summed E-state index contributed by atoms with van der Waals surface area (Å²) in [6.45, 7) is 0.581. The third kappa shape index (κ3) is 3.10. The molecule has 1 N–H and O–H groups in total. The van der Waals surface area contributed by atoms with Crippen molar-refractivity contribution >= 4 is 16.3 Å². The van der Waals surface area contributed by atoms with Gasteiger partial charge >= 0.3 is 11.2 Å². The van der Waals surface area contributed by atoms with Crippen molar-refractivity contribution in [2.24, 2.45) is 0 Å². The fourth-order valence-corrected chi connectivity index (χ4v) is 2.88. The molecule has 1 aromatic rings. The van der Waals surface area contributed by atoms with Gasteiger partial charge in [-0.3, -0.25) is 15.0 Å². The second kappa shape index (κ2) is 5.30. The molecule has 1 aliphatic rings. The molecule has 0 aliphatic carbocycles. The number of alkyl halides is 3. The molecule has 0 radical (unpaired) electrons. The number of nitrogens with zero attached hydrogens (tertiary/aromatic N) is 2. The third-order valence-electron chi connectivity index (χ3n) is 3.44. The van der Waals surface area contributed by atoms with E-state index in [-0.39, 0.29) is 30.9 Å². The second-order valence-corrected chi connectivity index (χ2v) is 5.75. The minimum atomic E-state index is -4.61. The van der Waals surface area contributed by atoms with Crippen LogP contribution in [0.25, 0.3) is 0 Å². The van der Waals surface area contributed by atoms with Gasteiger partial charge in [0.15, 0.2) is 5.60 Å². The molecule has 0 saturated carbocycles. The molecule has 112 valence electrons. The summed E-state index contributed by atoms with van der Waals surface area (Å²) in [7, 11) is 0. The first-order valence-corrected chi connectivity index (χ1v) is 6.82. The van der Waals surface area contributed by atoms with Crippen LogP contribution >= 0.6 is 11.3 Å². The van der Waals surface area contributed by atoms with Gasteiger partial charge in [0, 0.05) is 31.1 Å². The van der Waals surface area contributed by atoms with E-state index in [1.807, 2.05) is 0 Å². The molecule has 0 unspecified atom stereocenters. The first-order valence-electron chi connectivity index (χ1n) is 5.94. The summed E-state index contributed by atoms with van der Waals surface area (Å²) in [6.07, 6.45) is -5.36. The zero-order valence-electron chi connectivity index (χ0n) is 10.4. The molecule has 1 aromatic heterocycles. The Balaban J connectivity index is 1.93. The van der Waals surface area contributed by atoms with Crippen molar-refractivity contribution in [1.82, 2.24) is 4.90 Å². The van der Waals surface area contributed by atoms with E-state index in [9.17, 15) is 28.4 Å². The number of rotatable bonds is 3. The van der Waals surface area contributed by atoms with Crippen molar-refractivity contribution < 1.29 is 23.2 Å². The van der Waals surface area contributed by atoms with E-state index in [4.69, 9.17) is 0 Å². The largest absolute Gasteiger partial charge is 0.417 e. The number of aliphatic hydroxyl groups is 1. The molecule has 20 heavy (non-hydrogen) atoms. The second-order valence-electron chi connectivity index (χ2n) is 4.86. The first-order chi connectivity index (χ1) is 9.21. The zero-order chi connectivity index (χ0) is 15.0. The number of hydrogen-bond donors (Lipinski definition) is 1. The highest BCUT2D eigenvalue weighted by atomic mass is 32.1. The van der Waals surface area contributed by atoms with Crippen molar-refractivity contribution in [1.29, 1.82) is 0 Å². The molecule has 9 heteroatoms. The van der Waals surface area contributed by atoms with E-state index in [0.717, 1.165) is 11.3 Å². The molecular formula is C11H13F3N2O3S. The van der Waals surface area contributed by atoms with Crippen LogP contribution in [0.1, 0.15) is 18.4 Å². The molecule has 0 amide bonds. The van der Waals surface area contributed by atoms with Crippen LogP contribution in [0.3, 0.4) is 0 Å². The van der Waals surface area contributed by atoms with Crippen LogP contribution in [0, 0.1) is 10.1 Å². The number of nitro groups is 1. The Morgan fingerprint density at radius 2 is 2.05 bits per heavy atom. The van der Waals surface area contributed by atoms with Gasteiger partial charge < -0.3 is 5.11 Å². The summed E-state index contributed by atoms with van der Waals surface area (Å²) < 4.78 is 37.9. The molecule has 0 atom stereocenters. The van der Waals surface area contributed by atoms with E-state index in [2.05, 4.69) is 0 Å². The summed E-state index contributed by atoms with van der Waals surface area (Å²) >= 11 is 0.995. The lowest BCUT2D eigenvalue weighted by molar-refractivity contribution is -0.380. The Hall–Kier alpha value is -1.19. The Morgan fingerprint density at radius 3 is 2.50 bits per heavy atom. The average Bonchev–Trinajstić information content (AvgIpc) is 2.79. The van der Waals surface area contributed by atoms with Gasteiger partial charge in [-0.1, -0.05) is 11.3 Å². The van der Waals surface area contributed by atoms with Crippen LogP contribution in [0.5, 0.6) is 0 Å². The van der Waals surface area contributed by atoms with Crippen LogP contribution in [-0.4, -0.2) is 39.8 Å². The Morgan fingerprint density at radius 1 is 1.45 bits per heavy atom. The predicted molar refractivity (Wildman–Crippen MR) is 66.5 cm³/mol. The Labute approximate surface area is 116 Å².